The molecule has 1 unspecified atom stereocenters. The molecule has 1 atom stereocenters. The lowest BCUT2D eigenvalue weighted by Gasteiger charge is -2.33. The predicted molar refractivity (Wildman–Crippen MR) is 63.7 cm³/mol. The highest BCUT2D eigenvalue weighted by atomic mass is 79.9. The lowest BCUT2D eigenvalue weighted by atomic mass is 9.93. The largest absolute Gasteiger partial charge is 0.374 e. The second-order valence-electron chi connectivity index (χ2n) is 3.96. The first-order valence-electron chi connectivity index (χ1n) is 4.90. The second-order valence-corrected chi connectivity index (χ2v) is 4.88. The molecule has 2 nitrogen and oxygen atoms in total. The quantitative estimate of drug-likeness (QED) is 0.831. The van der Waals surface area contributed by atoms with Crippen LogP contribution in [0.1, 0.15) is 5.56 Å². The Labute approximate surface area is 93.2 Å². The lowest BCUT2D eigenvalue weighted by Crippen LogP contribution is -2.36. The Hall–Kier alpha value is -0.540. The SMILES string of the molecule is CN1CC(CN)Cc2cc(Br)ccc21. The fraction of sp³-hybridized carbons (Fsp3) is 0.455. The topological polar surface area (TPSA) is 29.3 Å². The number of benzene rings is 1. The number of rotatable bonds is 1. The van der Waals surface area contributed by atoms with Crippen LogP contribution in [0.25, 0.3) is 0 Å². The van der Waals surface area contributed by atoms with Gasteiger partial charge < -0.3 is 10.6 Å². The van der Waals surface area contributed by atoms with Crippen LogP contribution >= 0.6 is 15.9 Å². The van der Waals surface area contributed by atoms with Gasteiger partial charge in [-0.05, 0) is 42.6 Å². The van der Waals surface area contributed by atoms with Gasteiger partial charge in [0.15, 0.2) is 0 Å². The number of halogens is 1. The number of hydrogen-bond donors (Lipinski definition) is 1. The maximum atomic E-state index is 5.72. The fourth-order valence-electron chi connectivity index (χ4n) is 2.11. The van der Waals surface area contributed by atoms with Gasteiger partial charge >= 0.3 is 0 Å². The van der Waals surface area contributed by atoms with Gasteiger partial charge in [0.05, 0.1) is 0 Å². The zero-order valence-corrected chi connectivity index (χ0v) is 9.92. The molecule has 0 aliphatic carbocycles. The highest BCUT2D eigenvalue weighted by Gasteiger charge is 2.20. The van der Waals surface area contributed by atoms with Crippen LogP contribution in [0.2, 0.25) is 0 Å². The summed E-state index contributed by atoms with van der Waals surface area (Å²) in [5.41, 5.74) is 8.47. The minimum atomic E-state index is 0.599. The molecule has 0 saturated carbocycles. The van der Waals surface area contributed by atoms with Crippen LogP contribution in [0.3, 0.4) is 0 Å². The van der Waals surface area contributed by atoms with Crippen molar-refractivity contribution in [2.45, 2.75) is 6.42 Å². The minimum absolute atomic E-state index is 0.599. The van der Waals surface area contributed by atoms with E-state index in [4.69, 9.17) is 5.73 Å². The van der Waals surface area contributed by atoms with Crippen LogP contribution in [-0.2, 0) is 6.42 Å². The van der Waals surface area contributed by atoms with E-state index in [1.165, 1.54) is 11.3 Å². The van der Waals surface area contributed by atoms with Gasteiger partial charge in [0.25, 0.3) is 0 Å². The van der Waals surface area contributed by atoms with E-state index in [0.29, 0.717) is 5.92 Å². The molecule has 0 amide bonds. The molecule has 0 bridgehead atoms. The molecule has 0 spiro atoms. The molecule has 3 heteroatoms. The number of anilines is 1. The zero-order valence-electron chi connectivity index (χ0n) is 8.33. The van der Waals surface area contributed by atoms with Crippen LogP contribution in [-0.4, -0.2) is 20.1 Å². The summed E-state index contributed by atoms with van der Waals surface area (Å²) in [7, 11) is 2.13. The summed E-state index contributed by atoms with van der Waals surface area (Å²) >= 11 is 3.50. The third-order valence-corrected chi connectivity index (χ3v) is 3.32. The van der Waals surface area contributed by atoms with Crippen molar-refractivity contribution in [1.82, 2.24) is 0 Å². The van der Waals surface area contributed by atoms with E-state index < -0.39 is 0 Å². The molecule has 0 fully saturated rings. The first kappa shape index (κ1) is 9.99. The normalized spacial score (nSPS) is 20.8. The Balaban J connectivity index is 2.35. The summed E-state index contributed by atoms with van der Waals surface area (Å²) in [5.74, 6) is 0.599. The van der Waals surface area contributed by atoms with Gasteiger partial charge in [0.1, 0.15) is 0 Å². The molecule has 14 heavy (non-hydrogen) atoms. The predicted octanol–water partition coefficient (Wildman–Crippen LogP) is 2.02. The molecule has 1 aromatic rings. The third kappa shape index (κ3) is 1.79. The van der Waals surface area contributed by atoms with E-state index in [-0.39, 0.29) is 0 Å². The monoisotopic (exact) mass is 254 g/mol. The molecule has 0 aromatic heterocycles. The average Bonchev–Trinajstić information content (AvgIpc) is 2.16. The van der Waals surface area contributed by atoms with Gasteiger partial charge in [-0.1, -0.05) is 15.9 Å². The highest BCUT2D eigenvalue weighted by Crippen LogP contribution is 2.30. The summed E-state index contributed by atoms with van der Waals surface area (Å²) in [4.78, 5) is 2.29. The molecule has 1 aromatic carbocycles. The van der Waals surface area contributed by atoms with E-state index in [9.17, 15) is 0 Å². The van der Waals surface area contributed by atoms with Crippen molar-refractivity contribution >= 4 is 21.6 Å². The highest BCUT2D eigenvalue weighted by molar-refractivity contribution is 9.10. The van der Waals surface area contributed by atoms with Gasteiger partial charge in [0.2, 0.25) is 0 Å². The van der Waals surface area contributed by atoms with E-state index in [2.05, 4.69) is 46.1 Å². The lowest BCUT2D eigenvalue weighted by molar-refractivity contribution is 0.514. The molecule has 0 radical (unpaired) electrons. The van der Waals surface area contributed by atoms with Crippen molar-refractivity contribution < 1.29 is 0 Å². The summed E-state index contributed by atoms with van der Waals surface area (Å²) < 4.78 is 1.15. The van der Waals surface area contributed by atoms with Crippen molar-refractivity contribution in [2.24, 2.45) is 11.7 Å². The van der Waals surface area contributed by atoms with Crippen molar-refractivity contribution in [3.05, 3.63) is 28.2 Å². The molecule has 2 rings (SSSR count). The number of fused-ring (bicyclic) bond motifs is 1. The zero-order chi connectivity index (χ0) is 10.1. The molecule has 1 heterocycles. The molecular weight excluding hydrogens is 240 g/mol. The van der Waals surface area contributed by atoms with E-state index in [1.54, 1.807) is 0 Å². The van der Waals surface area contributed by atoms with Gasteiger partial charge in [0, 0.05) is 23.8 Å². The Morgan fingerprint density at radius 1 is 1.57 bits per heavy atom. The Morgan fingerprint density at radius 3 is 3.07 bits per heavy atom. The fourth-order valence-corrected chi connectivity index (χ4v) is 2.52. The molecule has 1 aliphatic rings. The van der Waals surface area contributed by atoms with E-state index in [1.807, 2.05) is 0 Å². The van der Waals surface area contributed by atoms with Crippen LogP contribution in [0.5, 0.6) is 0 Å². The molecule has 76 valence electrons. The first-order valence-corrected chi connectivity index (χ1v) is 5.69. The van der Waals surface area contributed by atoms with Crippen molar-refractivity contribution in [3.8, 4) is 0 Å². The summed E-state index contributed by atoms with van der Waals surface area (Å²) in [5, 5.41) is 0. The van der Waals surface area contributed by atoms with Crippen LogP contribution in [0.15, 0.2) is 22.7 Å². The van der Waals surface area contributed by atoms with Crippen molar-refractivity contribution in [2.75, 3.05) is 25.0 Å². The van der Waals surface area contributed by atoms with Crippen LogP contribution < -0.4 is 10.6 Å². The molecule has 0 saturated heterocycles. The van der Waals surface area contributed by atoms with Crippen molar-refractivity contribution in [3.63, 3.8) is 0 Å². The van der Waals surface area contributed by atoms with Gasteiger partial charge in [-0.3, -0.25) is 0 Å². The summed E-state index contributed by atoms with van der Waals surface area (Å²) in [6, 6.07) is 6.47. The Kier molecular flexibility index (Phi) is 2.79. The Bertz CT molecular complexity index is 338. The van der Waals surface area contributed by atoms with Crippen LogP contribution in [0.4, 0.5) is 5.69 Å². The molecule has 1 aliphatic heterocycles. The van der Waals surface area contributed by atoms with Crippen LogP contribution in [0, 0.1) is 5.92 Å². The van der Waals surface area contributed by atoms with Gasteiger partial charge in [-0.15, -0.1) is 0 Å². The smallest absolute Gasteiger partial charge is 0.0397 e. The first-order chi connectivity index (χ1) is 6.70. The van der Waals surface area contributed by atoms with E-state index in [0.717, 1.165) is 24.0 Å². The maximum absolute atomic E-state index is 5.72. The number of nitrogens with zero attached hydrogens (tertiary/aromatic N) is 1. The minimum Gasteiger partial charge on any atom is -0.374 e. The van der Waals surface area contributed by atoms with Crippen molar-refractivity contribution in [1.29, 1.82) is 0 Å². The maximum Gasteiger partial charge on any atom is 0.0397 e. The number of hydrogen-bond acceptors (Lipinski definition) is 2. The summed E-state index contributed by atoms with van der Waals surface area (Å²) in [6.07, 6.45) is 1.11. The second kappa shape index (κ2) is 3.91. The molecular formula is C11H15BrN2. The number of nitrogens with two attached hydrogens (primary N) is 1. The third-order valence-electron chi connectivity index (χ3n) is 2.83. The van der Waals surface area contributed by atoms with Gasteiger partial charge in [-0.2, -0.15) is 0 Å². The standard InChI is InChI=1S/C11H15BrN2/c1-14-7-8(6-13)4-9-5-10(12)2-3-11(9)14/h2-3,5,8H,4,6-7,13H2,1H3. The summed E-state index contributed by atoms with van der Waals surface area (Å²) in [6.45, 7) is 1.85. The molecule has 2 N–H and O–H groups in total. The van der Waals surface area contributed by atoms with E-state index >= 15 is 0 Å². The van der Waals surface area contributed by atoms with Gasteiger partial charge in [-0.25, -0.2) is 0 Å². The average molecular weight is 255 g/mol. The Morgan fingerprint density at radius 2 is 2.36 bits per heavy atom.